The summed E-state index contributed by atoms with van der Waals surface area (Å²) in [7, 11) is 4.48. The summed E-state index contributed by atoms with van der Waals surface area (Å²) >= 11 is 0. The first-order valence-electron chi connectivity index (χ1n) is 7.14. The summed E-state index contributed by atoms with van der Waals surface area (Å²) in [6.45, 7) is 0. The average Bonchev–Trinajstić information content (AvgIpc) is 2.59. The zero-order valence-electron chi connectivity index (χ0n) is 13.3. The summed E-state index contributed by atoms with van der Waals surface area (Å²) in [6, 6.07) is 5.43. The highest BCUT2D eigenvalue weighted by Crippen LogP contribution is 2.51. The van der Waals surface area contributed by atoms with Crippen LogP contribution in [0.15, 0.2) is 24.3 Å². The fraction of sp³-hybridized carbons (Fsp3) is 0.412. The Hall–Kier alpha value is -2.68. The van der Waals surface area contributed by atoms with Crippen molar-refractivity contribution in [1.82, 2.24) is 0 Å². The number of carboxylic acids is 1. The topological polar surface area (TPSA) is 88.8 Å². The molecule has 0 amide bonds. The SMILES string of the molecule is COc1ccc(C2CC=CCC2(C#N)C(=O)O)c(OC)c1OC. The zero-order chi connectivity index (χ0) is 17.0. The lowest BCUT2D eigenvalue weighted by molar-refractivity contribution is -0.146. The predicted molar refractivity (Wildman–Crippen MR) is 82.9 cm³/mol. The molecule has 1 aromatic carbocycles. The highest BCUT2D eigenvalue weighted by molar-refractivity contribution is 5.81. The van der Waals surface area contributed by atoms with Crippen LogP contribution in [0.25, 0.3) is 0 Å². The number of allylic oxidation sites excluding steroid dienone is 2. The average molecular weight is 317 g/mol. The van der Waals surface area contributed by atoms with E-state index in [1.54, 1.807) is 18.2 Å². The molecule has 0 saturated carbocycles. The summed E-state index contributed by atoms with van der Waals surface area (Å²) in [5, 5.41) is 19.2. The number of rotatable bonds is 5. The lowest BCUT2D eigenvalue weighted by atomic mass is 9.66. The number of ether oxygens (including phenoxy) is 3. The minimum absolute atomic E-state index is 0.154. The van der Waals surface area contributed by atoms with Crippen LogP contribution in [0.4, 0.5) is 0 Å². The van der Waals surface area contributed by atoms with Crippen molar-refractivity contribution >= 4 is 5.97 Å². The molecule has 2 rings (SSSR count). The van der Waals surface area contributed by atoms with Gasteiger partial charge in [-0.25, -0.2) is 0 Å². The Morgan fingerprint density at radius 1 is 1.22 bits per heavy atom. The second-order valence-electron chi connectivity index (χ2n) is 5.28. The number of carboxylic acid groups (broad SMARTS) is 1. The van der Waals surface area contributed by atoms with Crippen molar-refractivity contribution in [3.05, 3.63) is 29.8 Å². The van der Waals surface area contributed by atoms with Gasteiger partial charge in [-0.1, -0.05) is 18.2 Å². The molecule has 6 heteroatoms. The molecule has 1 N–H and O–H groups in total. The number of hydrogen-bond acceptors (Lipinski definition) is 5. The molecule has 0 saturated heterocycles. The predicted octanol–water partition coefficient (Wildman–Crippen LogP) is 2.74. The van der Waals surface area contributed by atoms with E-state index in [0.717, 1.165) is 0 Å². The maximum Gasteiger partial charge on any atom is 0.325 e. The van der Waals surface area contributed by atoms with Crippen molar-refractivity contribution in [3.8, 4) is 23.3 Å². The van der Waals surface area contributed by atoms with Crippen LogP contribution >= 0.6 is 0 Å². The van der Waals surface area contributed by atoms with Crippen LogP contribution in [0.2, 0.25) is 0 Å². The van der Waals surface area contributed by atoms with Crippen molar-refractivity contribution < 1.29 is 24.1 Å². The molecule has 2 unspecified atom stereocenters. The molecule has 0 heterocycles. The Labute approximate surface area is 134 Å². The molecule has 1 aliphatic rings. The van der Waals surface area contributed by atoms with E-state index in [4.69, 9.17) is 14.2 Å². The van der Waals surface area contributed by atoms with Gasteiger partial charge in [0.15, 0.2) is 16.9 Å². The molecule has 1 aromatic rings. The lowest BCUT2D eigenvalue weighted by Crippen LogP contribution is -2.37. The van der Waals surface area contributed by atoms with E-state index in [-0.39, 0.29) is 6.42 Å². The van der Waals surface area contributed by atoms with E-state index in [1.807, 2.05) is 12.1 Å². The molecule has 0 radical (unpaired) electrons. The maximum atomic E-state index is 11.8. The van der Waals surface area contributed by atoms with Crippen LogP contribution in [-0.4, -0.2) is 32.4 Å². The summed E-state index contributed by atoms with van der Waals surface area (Å²) in [6.07, 6.45) is 4.22. The van der Waals surface area contributed by atoms with Gasteiger partial charge in [0, 0.05) is 11.5 Å². The van der Waals surface area contributed by atoms with Gasteiger partial charge >= 0.3 is 5.97 Å². The normalized spacial score (nSPS) is 23.0. The summed E-state index contributed by atoms with van der Waals surface area (Å²) in [5.74, 6) is -0.402. The number of hydrogen-bond donors (Lipinski definition) is 1. The summed E-state index contributed by atoms with van der Waals surface area (Å²) in [5.41, 5.74) is -0.903. The standard InChI is InChI=1S/C17H19NO5/c1-21-13-8-7-11(14(22-2)15(13)23-3)12-6-4-5-9-17(12,10-18)16(19)20/h4-5,7-8,12H,6,9H2,1-3H3,(H,19,20). The van der Waals surface area contributed by atoms with Gasteiger partial charge in [-0.3, -0.25) is 4.79 Å². The Morgan fingerprint density at radius 3 is 2.43 bits per heavy atom. The molecular weight excluding hydrogens is 298 g/mol. The van der Waals surface area contributed by atoms with Gasteiger partial charge in [0.1, 0.15) is 0 Å². The first-order valence-corrected chi connectivity index (χ1v) is 7.14. The van der Waals surface area contributed by atoms with Crippen LogP contribution in [0.3, 0.4) is 0 Å². The van der Waals surface area contributed by atoms with E-state index in [9.17, 15) is 15.2 Å². The first kappa shape index (κ1) is 16.7. The summed E-state index contributed by atoms with van der Waals surface area (Å²) < 4.78 is 16.0. The monoisotopic (exact) mass is 317 g/mol. The van der Waals surface area contributed by atoms with E-state index >= 15 is 0 Å². The van der Waals surface area contributed by atoms with Crippen molar-refractivity contribution in [2.75, 3.05) is 21.3 Å². The number of carbonyl (C=O) groups is 1. The van der Waals surface area contributed by atoms with Crippen molar-refractivity contribution in [3.63, 3.8) is 0 Å². The molecule has 0 aliphatic heterocycles. The zero-order valence-corrected chi connectivity index (χ0v) is 13.3. The molecule has 122 valence electrons. The fourth-order valence-corrected chi connectivity index (χ4v) is 3.04. The maximum absolute atomic E-state index is 11.8. The van der Waals surface area contributed by atoms with Gasteiger partial charge in [0.2, 0.25) is 5.75 Å². The molecule has 0 spiro atoms. The highest BCUT2D eigenvalue weighted by atomic mass is 16.5. The Bertz CT molecular complexity index is 676. The molecule has 6 nitrogen and oxygen atoms in total. The van der Waals surface area contributed by atoms with E-state index in [1.165, 1.54) is 21.3 Å². The van der Waals surface area contributed by atoms with Crippen LogP contribution in [0, 0.1) is 16.7 Å². The van der Waals surface area contributed by atoms with Crippen LogP contribution in [0.1, 0.15) is 24.3 Å². The third kappa shape index (κ3) is 2.59. The third-order valence-electron chi connectivity index (χ3n) is 4.26. The second-order valence-corrected chi connectivity index (χ2v) is 5.28. The molecule has 0 bridgehead atoms. The number of nitrogens with zero attached hydrogens (tertiary/aromatic N) is 1. The van der Waals surface area contributed by atoms with Gasteiger partial charge in [0.25, 0.3) is 0 Å². The number of aliphatic carboxylic acids is 1. The number of nitriles is 1. The van der Waals surface area contributed by atoms with Gasteiger partial charge in [-0.15, -0.1) is 0 Å². The number of methoxy groups -OCH3 is 3. The van der Waals surface area contributed by atoms with Gasteiger partial charge in [0.05, 0.1) is 27.4 Å². The summed E-state index contributed by atoms with van der Waals surface area (Å²) in [4.78, 5) is 11.8. The lowest BCUT2D eigenvalue weighted by Gasteiger charge is -2.34. The van der Waals surface area contributed by atoms with Crippen LogP contribution in [0.5, 0.6) is 17.2 Å². The van der Waals surface area contributed by atoms with Gasteiger partial charge in [-0.05, 0) is 18.9 Å². The molecule has 23 heavy (non-hydrogen) atoms. The van der Waals surface area contributed by atoms with E-state index in [0.29, 0.717) is 29.2 Å². The van der Waals surface area contributed by atoms with Crippen molar-refractivity contribution in [2.24, 2.45) is 5.41 Å². The third-order valence-corrected chi connectivity index (χ3v) is 4.26. The van der Waals surface area contributed by atoms with Crippen LogP contribution < -0.4 is 14.2 Å². The number of benzene rings is 1. The van der Waals surface area contributed by atoms with Crippen LogP contribution in [-0.2, 0) is 4.79 Å². The molecule has 1 aliphatic carbocycles. The quantitative estimate of drug-likeness (QED) is 0.840. The fourth-order valence-electron chi connectivity index (χ4n) is 3.04. The minimum atomic E-state index is -1.53. The second kappa shape index (κ2) is 6.61. The smallest absolute Gasteiger partial charge is 0.325 e. The van der Waals surface area contributed by atoms with Gasteiger partial charge < -0.3 is 19.3 Å². The molecular formula is C17H19NO5. The van der Waals surface area contributed by atoms with E-state index in [2.05, 4.69) is 0 Å². The Morgan fingerprint density at radius 2 is 1.91 bits per heavy atom. The Kier molecular flexibility index (Phi) is 4.80. The van der Waals surface area contributed by atoms with E-state index < -0.39 is 17.3 Å². The molecule has 2 atom stereocenters. The first-order chi connectivity index (χ1) is 11.1. The molecule has 0 fully saturated rings. The Balaban J connectivity index is 2.67. The van der Waals surface area contributed by atoms with Crippen molar-refractivity contribution in [2.45, 2.75) is 18.8 Å². The minimum Gasteiger partial charge on any atom is -0.493 e. The highest BCUT2D eigenvalue weighted by Gasteiger charge is 2.48. The van der Waals surface area contributed by atoms with Crippen molar-refractivity contribution in [1.29, 1.82) is 5.26 Å². The molecule has 0 aromatic heterocycles. The largest absolute Gasteiger partial charge is 0.493 e. The van der Waals surface area contributed by atoms with Gasteiger partial charge in [-0.2, -0.15) is 5.26 Å².